The van der Waals surface area contributed by atoms with Crippen LogP contribution in [0.15, 0.2) is 18.3 Å². The first-order valence-electron chi connectivity index (χ1n) is 4.72. The first-order chi connectivity index (χ1) is 6.64. The van der Waals surface area contributed by atoms with Crippen molar-refractivity contribution in [3.05, 3.63) is 18.3 Å². The van der Waals surface area contributed by atoms with Crippen molar-refractivity contribution in [3.63, 3.8) is 0 Å². The van der Waals surface area contributed by atoms with Gasteiger partial charge in [-0.25, -0.2) is 0 Å². The quantitative estimate of drug-likeness (QED) is 0.764. The summed E-state index contributed by atoms with van der Waals surface area (Å²) in [7, 11) is 0. The molecule has 0 aliphatic carbocycles. The first-order valence-corrected chi connectivity index (χ1v) is 5.25. The number of nitrogens with zero attached hydrogens (tertiary/aromatic N) is 2. The number of alkyl halides is 1. The molecule has 4 heteroatoms. The molecule has 0 spiro atoms. The summed E-state index contributed by atoms with van der Waals surface area (Å²) in [6.45, 7) is 5.22. The Labute approximate surface area is 89.9 Å². The second kappa shape index (κ2) is 5.15. The van der Waals surface area contributed by atoms with E-state index in [1.165, 1.54) is 0 Å². The Morgan fingerprint density at radius 2 is 2.29 bits per heavy atom. The highest BCUT2D eigenvalue weighted by Gasteiger charge is 2.16. The van der Waals surface area contributed by atoms with E-state index in [0.717, 1.165) is 18.8 Å². The zero-order valence-electron chi connectivity index (χ0n) is 8.63. The lowest BCUT2D eigenvalue weighted by atomic mass is 9.90. The Morgan fingerprint density at radius 3 is 2.86 bits per heavy atom. The van der Waals surface area contributed by atoms with Crippen molar-refractivity contribution in [2.45, 2.75) is 20.3 Å². The van der Waals surface area contributed by atoms with Gasteiger partial charge >= 0.3 is 0 Å². The summed E-state index contributed by atoms with van der Waals surface area (Å²) < 4.78 is 0. The Morgan fingerprint density at radius 1 is 1.50 bits per heavy atom. The number of rotatable bonds is 5. The molecule has 0 amide bonds. The van der Waals surface area contributed by atoms with Crippen LogP contribution >= 0.6 is 11.6 Å². The van der Waals surface area contributed by atoms with Crippen molar-refractivity contribution >= 4 is 17.4 Å². The first kappa shape index (κ1) is 11.2. The Hall–Kier alpha value is -0.830. The topological polar surface area (TPSA) is 37.8 Å². The molecular formula is C10H16ClN3. The average Bonchev–Trinajstić information content (AvgIpc) is 2.17. The number of nitrogens with one attached hydrogen (secondary N) is 1. The molecule has 0 aliphatic heterocycles. The van der Waals surface area contributed by atoms with Crippen LogP contribution in [0.5, 0.6) is 0 Å². The third-order valence-electron chi connectivity index (χ3n) is 2.09. The third kappa shape index (κ3) is 3.92. The molecular weight excluding hydrogens is 198 g/mol. The summed E-state index contributed by atoms with van der Waals surface area (Å²) in [5.74, 6) is 1.50. The smallest absolute Gasteiger partial charge is 0.148 e. The Balaban J connectivity index is 2.40. The van der Waals surface area contributed by atoms with E-state index < -0.39 is 0 Å². The molecule has 0 radical (unpaired) electrons. The van der Waals surface area contributed by atoms with Crippen molar-refractivity contribution in [2.75, 3.05) is 17.7 Å². The maximum Gasteiger partial charge on any atom is 0.148 e. The highest BCUT2D eigenvalue weighted by atomic mass is 35.5. The van der Waals surface area contributed by atoms with E-state index in [0.29, 0.717) is 5.88 Å². The fraction of sp³-hybridized carbons (Fsp3) is 0.600. The SMILES string of the molecule is CC(C)(CCCl)CNc1cccnn1. The van der Waals surface area contributed by atoms with Gasteiger partial charge in [0.05, 0.1) is 0 Å². The lowest BCUT2D eigenvalue weighted by Crippen LogP contribution is -2.24. The molecule has 0 unspecified atom stereocenters. The largest absolute Gasteiger partial charge is 0.368 e. The molecule has 14 heavy (non-hydrogen) atoms. The van der Waals surface area contributed by atoms with Gasteiger partial charge in [-0.3, -0.25) is 0 Å². The van der Waals surface area contributed by atoms with Crippen LogP contribution in [0, 0.1) is 5.41 Å². The standard InChI is InChI=1S/C10H16ClN3/c1-10(2,5-6-11)8-12-9-4-3-7-13-14-9/h3-4,7H,5-6,8H2,1-2H3,(H,12,14). The summed E-state index contributed by atoms with van der Waals surface area (Å²) in [6, 6.07) is 3.77. The molecule has 1 N–H and O–H groups in total. The molecule has 0 atom stereocenters. The third-order valence-corrected chi connectivity index (χ3v) is 2.28. The van der Waals surface area contributed by atoms with Crippen LogP contribution < -0.4 is 5.32 Å². The number of anilines is 1. The van der Waals surface area contributed by atoms with E-state index in [9.17, 15) is 0 Å². The maximum absolute atomic E-state index is 5.71. The summed E-state index contributed by atoms with van der Waals surface area (Å²) in [5, 5.41) is 11.0. The molecule has 0 aliphatic rings. The summed E-state index contributed by atoms with van der Waals surface area (Å²) >= 11 is 5.71. The van der Waals surface area contributed by atoms with Crippen LogP contribution in [0.4, 0.5) is 5.82 Å². The second-order valence-corrected chi connectivity index (χ2v) is 4.44. The van der Waals surface area contributed by atoms with Crippen LogP contribution in [0.3, 0.4) is 0 Å². The van der Waals surface area contributed by atoms with Crippen molar-refractivity contribution in [1.29, 1.82) is 0 Å². The summed E-state index contributed by atoms with van der Waals surface area (Å²) in [4.78, 5) is 0. The van der Waals surface area contributed by atoms with Crippen LogP contribution in [0.1, 0.15) is 20.3 Å². The van der Waals surface area contributed by atoms with Gasteiger partial charge in [-0.1, -0.05) is 13.8 Å². The Bertz CT molecular complexity index is 261. The number of halogens is 1. The Kier molecular flexibility index (Phi) is 4.14. The normalized spacial score (nSPS) is 11.4. The van der Waals surface area contributed by atoms with Gasteiger partial charge in [-0.05, 0) is 24.0 Å². The predicted molar refractivity (Wildman–Crippen MR) is 59.6 cm³/mol. The molecule has 1 rings (SSSR count). The van der Waals surface area contributed by atoms with Gasteiger partial charge in [0, 0.05) is 18.6 Å². The second-order valence-electron chi connectivity index (χ2n) is 4.07. The minimum absolute atomic E-state index is 0.194. The van der Waals surface area contributed by atoms with Crippen molar-refractivity contribution in [2.24, 2.45) is 5.41 Å². The molecule has 0 bridgehead atoms. The summed E-state index contributed by atoms with van der Waals surface area (Å²) in [6.07, 6.45) is 2.65. The molecule has 0 saturated heterocycles. The van der Waals surface area contributed by atoms with Crippen molar-refractivity contribution in [3.8, 4) is 0 Å². The van der Waals surface area contributed by atoms with Crippen LogP contribution in [-0.4, -0.2) is 22.6 Å². The minimum Gasteiger partial charge on any atom is -0.368 e. The maximum atomic E-state index is 5.71. The molecule has 3 nitrogen and oxygen atoms in total. The number of hydrogen-bond acceptors (Lipinski definition) is 3. The van der Waals surface area contributed by atoms with E-state index in [1.807, 2.05) is 12.1 Å². The monoisotopic (exact) mass is 213 g/mol. The molecule has 0 fully saturated rings. The zero-order valence-corrected chi connectivity index (χ0v) is 9.38. The minimum atomic E-state index is 0.194. The zero-order chi connectivity index (χ0) is 10.4. The van der Waals surface area contributed by atoms with Gasteiger partial charge in [0.15, 0.2) is 0 Å². The fourth-order valence-electron chi connectivity index (χ4n) is 1.07. The van der Waals surface area contributed by atoms with E-state index in [-0.39, 0.29) is 5.41 Å². The fourth-order valence-corrected chi connectivity index (χ4v) is 1.58. The molecule has 1 heterocycles. The molecule has 1 aromatic heterocycles. The van der Waals surface area contributed by atoms with E-state index in [4.69, 9.17) is 11.6 Å². The number of aromatic nitrogens is 2. The highest BCUT2D eigenvalue weighted by Crippen LogP contribution is 2.20. The molecule has 0 saturated carbocycles. The lowest BCUT2D eigenvalue weighted by Gasteiger charge is -2.23. The van der Waals surface area contributed by atoms with Crippen molar-refractivity contribution < 1.29 is 0 Å². The number of hydrogen-bond donors (Lipinski definition) is 1. The van der Waals surface area contributed by atoms with E-state index >= 15 is 0 Å². The molecule has 0 aromatic carbocycles. The van der Waals surface area contributed by atoms with Crippen LogP contribution in [0.2, 0.25) is 0 Å². The van der Waals surface area contributed by atoms with E-state index in [1.54, 1.807) is 6.20 Å². The molecule has 78 valence electrons. The van der Waals surface area contributed by atoms with Gasteiger partial charge in [-0.2, -0.15) is 5.10 Å². The summed E-state index contributed by atoms with van der Waals surface area (Å²) in [5.41, 5.74) is 0.194. The lowest BCUT2D eigenvalue weighted by molar-refractivity contribution is 0.379. The van der Waals surface area contributed by atoms with Crippen LogP contribution in [0.25, 0.3) is 0 Å². The highest BCUT2D eigenvalue weighted by molar-refractivity contribution is 6.17. The average molecular weight is 214 g/mol. The van der Waals surface area contributed by atoms with Gasteiger partial charge in [0.1, 0.15) is 5.82 Å². The van der Waals surface area contributed by atoms with E-state index in [2.05, 4.69) is 29.4 Å². The predicted octanol–water partition coefficient (Wildman–Crippen LogP) is 2.54. The van der Waals surface area contributed by atoms with Gasteiger partial charge in [-0.15, -0.1) is 16.7 Å². The van der Waals surface area contributed by atoms with Crippen molar-refractivity contribution in [1.82, 2.24) is 10.2 Å². The van der Waals surface area contributed by atoms with Gasteiger partial charge in [0.2, 0.25) is 0 Å². The van der Waals surface area contributed by atoms with Crippen LogP contribution in [-0.2, 0) is 0 Å². The van der Waals surface area contributed by atoms with Gasteiger partial charge < -0.3 is 5.32 Å². The van der Waals surface area contributed by atoms with Gasteiger partial charge in [0.25, 0.3) is 0 Å². The molecule has 1 aromatic rings.